The van der Waals surface area contributed by atoms with Gasteiger partial charge in [-0.3, -0.25) is 14.4 Å². The lowest BCUT2D eigenvalue weighted by molar-refractivity contribution is -0.344. The summed E-state index contributed by atoms with van der Waals surface area (Å²) in [6, 6.07) is 7.99. The molecule has 45 heavy (non-hydrogen) atoms. The molecule has 2 saturated carbocycles. The minimum absolute atomic E-state index is 0.0536. The summed E-state index contributed by atoms with van der Waals surface area (Å²) >= 11 is 0. The quantitative estimate of drug-likeness (QED) is 0.313. The van der Waals surface area contributed by atoms with Crippen molar-refractivity contribution in [3.63, 3.8) is 0 Å². The molecule has 3 aliphatic rings. The summed E-state index contributed by atoms with van der Waals surface area (Å²) in [6.45, 7) is 9.95. The van der Waals surface area contributed by atoms with E-state index >= 15 is 0 Å². The number of fused-ring (bicyclic) bond motifs is 1. The number of rotatable bonds is 8. The number of hydrogen-bond acceptors (Lipinski definition) is 13. The van der Waals surface area contributed by atoms with E-state index in [1.807, 2.05) is 0 Å². The van der Waals surface area contributed by atoms with Crippen LogP contribution in [-0.4, -0.2) is 93.5 Å². The van der Waals surface area contributed by atoms with Crippen molar-refractivity contribution in [3.8, 4) is 0 Å². The molecule has 1 aromatic carbocycles. The Morgan fingerprint density at radius 1 is 0.867 bits per heavy atom. The SMILES string of the molecule is CC(=O)O[C@H]1C[C@](C)(O)[C@@]23C[C@H]([C@@H](OC(=O)C(C)(C)O)[C@H](OC(C)=O)[C@]2(COC(=O)c2ccccc2)[C@H]1OC(C)=O)C(C)(C)O3. The van der Waals surface area contributed by atoms with Crippen molar-refractivity contribution in [2.24, 2.45) is 11.3 Å². The Labute approximate surface area is 261 Å². The molecule has 13 heteroatoms. The minimum Gasteiger partial charge on any atom is -0.461 e. The molecule has 1 aromatic rings. The molecule has 2 bridgehead atoms. The molecule has 0 radical (unpaired) electrons. The van der Waals surface area contributed by atoms with Gasteiger partial charge < -0.3 is 38.6 Å². The van der Waals surface area contributed by atoms with E-state index in [0.29, 0.717) is 0 Å². The summed E-state index contributed by atoms with van der Waals surface area (Å²) in [7, 11) is 0. The van der Waals surface area contributed by atoms with Gasteiger partial charge in [-0.15, -0.1) is 0 Å². The predicted octanol–water partition coefficient (Wildman–Crippen LogP) is 2.03. The highest BCUT2D eigenvalue weighted by molar-refractivity contribution is 5.89. The van der Waals surface area contributed by atoms with Gasteiger partial charge in [-0.25, -0.2) is 9.59 Å². The summed E-state index contributed by atoms with van der Waals surface area (Å²) < 4.78 is 36.0. The van der Waals surface area contributed by atoms with E-state index < -0.39 is 94.6 Å². The van der Waals surface area contributed by atoms with E-state index in [1.165, 1.54) is 32.9 Å². The second kappa shape index (κ2) is 11.7. The van der Waals surface area contributed by atoms with E-state index in [0.717, 1.165) is 20.8 Å². The third kappa shape index (κ3) is 5.93. The molecule has 1 aliphatic heterocycles. The van der Waals surface area contributed by atoms with E-state index in [9.17, 15) is 34.2 Å². The molecule has 2 aliphatic carbocycles. The van der Waals surface area contributed by atoms with Crippen LogP contribution in [0.2, 0.25) is 0 Å². The monoisotopic (exact) mass is 634 g/mol. The first-order chi connectivity index (χ1) is 20.7. The molecule has 0 unspecified atom stereocenters. The first kappa shape index (κ1) is 34.3. The Hall–Kier alpha value is -3.55. The van der Waals surface area contributed by atoms with E-state index in [4.69, 9.17) is 28.4 Å². The number of carbonyl (C=O) groups is 5. The van der Waals surface area contributed by atoms with Crippen LogP contribution in [0.1, 0.15) is 78.6 Å². The van der Waals surface area contributed by atoms with Gasteiger partial charge in [0.15, 0.2) is 17.8 Å². The number of hydrogen-bond donors (Lipinski definition) is 2. The lowest BCUT2D eigenvalue weighted by Gasteiger charge is -2.65. The maximum absolute atomic E-state index is 13.4. The highest BCUT2D eigenvalue weighted by atomic mass is 16.6. The molecule has 8 atom stereocenters. The molecule has 248 valence electrons. The van der Waals surface area contributed by atoms with Gasteiger partial charge in [0, 0.05) is 33.1 Å². The normalized spacial score (nSPS) is 34.9. The van der Waals surface area contributed by atoms with Crippen LogP contribution in [0.4, 0.5) is 0 Å². The number of carbonyl (C=O) groups excluding carboxylic acids is 5. The van der Waals surface area contributed by atoms with Crippen LogP contribution in [0.15, 0.2) is 30.3 Å². The Kier molecular flexibility index (Phi) is 8.90. The van der Waals surface area contributed by atoms with Gasteiger partial charge in [0.25, 0.3) is 0 Å². The van der Waals surface area contributed by atoms with Gasteiger partial charge in [0.05, 0.1) is 16.8 Å². The molecule has 1 saturated heterocycles. The largest absolute Gasteiger partial charge is 0.461 e. The van der Waals surface area contributed by atoms with Crippen molar-refractivity contribution < 1.29 is 62.6 Å². The van der Waals surface area contributed by atoms with Gasteiger partial charge in [-0.05, 0) is 53.2 Å². The summed E-state index contributed by atoms with van der Waals surface area (Å²) in [6.07, 6.45) is -6.22. The molecular weight excluding hydrogens is 592 g/mol. The zero-order chi connectivity index (χ0) is 33.8. The maximum Gasteiger partial charge on any atom is 0.338 e. The lowest BCUT2D eigenvalue weighted by atomic mass is 9.47. The van der Waals surface area contributed by atoms with Gasteiger partial charge in [-0.2, -0.15) is 0 Å². The summed E-state index contributed by atoms with van der Waals surface area (Å²) in [5.74, 6) is -5.05. The fourth-order valence-electron chi connectivity index (χ4n) is 7.43. The average Bonchev–Trinajstić information content (AvgIpc) is 3.17. The number of benzene rings is 1. The van der Waals surface area contributed by atoms with Crippen LogP contribution >= 0.6 is 0 Å². The van der Waals surface area contributed by atoms with Gasteiger partial charge >= 0.3 is 29.8 Å². The second-order valence-electron chi connectivity index (χ2n) is 13.4. The number of aliphatic hydroxyl groups is 2. The molecule has 0 amide bonds. The molecule has 13 nitrogen and oxygen atoms in total. The first-order valence-electron chi connectivity index (χ1n) is 14.8. The van der Waals surface area contributed by atoms with Gasteiger partial charge in [-0.1, -0.05) is 18.2 Å². The zero-order valence-corrected chi connectivity index (χ0v) is 26.8. The van der Waals surface area contributed by atoms with Crippen LogP contribution in [0.25, 0.3) is 0 Å². The molecular formula is C32H42O13. The molecule has 3 fully saturated rings. The summed E-state index contributed by atoms with van der Waals surface area (Å²) in [5, 5.41) is 22.9. The van der Waals surface area contributed by atoms with Gasteiger partial charge in [0.1, 0.15) is 29.8 Å². The second-order valence-corrected chi connectivity index (χ2v) is 13.4. The minimum atomic E-state index is -2.04. The van der Waals surface area contributed by atoms with Crippen molar-refractivity contribution in [1.29, 1.82) is 0 Å². The van der Waals surface area contributed by atoms with Crippen molar-refractivity contribution in [3.05, 3.63) is 35.9 Å². The van der Waals surface area contributed by atoms with E-state index in [1.54, 1.807) is 32.0 Å². The molecule has 0 aromatic heterocycles. The average molecular weight is 635 g/mol. The van der Waals surface area contributed by atoms with Crippen LogP contribution in [0.3, 0.4) is 0 Å². The topological polar surface area (TPSA) is 181 Å². The molecule has 1 spiro atoms. The smallest absolute Gasteiger partial charge is 0.338 e. The Morgan fingerprint density at radius 2 is 1.42 bits per heavy atom. The Balaban J connectivity index is 2.05. The number of ether oxygens (including phenoxy) is 6. The Morgan fingerprint density at radius 3 is 1.96 bits per heavy atom. The maximum atomic E-state index is 13.4. The Bertz CT molecular complexity index is 1350. The molecule has 4 rings (SSSR count). The van der Waals surface area contributed by atoms with E-state index in [-0.39, 0.29) is 18.4 Å². The molecule has 2 N–H and O–H groups in total. The predicted molar refractivity (Wildman–Crippen MR) is 153 cm³/mol. The highest BCUT2D eigenvalue weighted by Gasteiger charge is 2.84. The summed E-state index contributed by atoms with van der Waals surface area (Å²) in [5.41, 5.74) is -8.71. The van der Waals surface area contributed by atoms with Crippen LogP contribution < -0.4 is 0 Å². The third-order valence-corrected chi connectivity index (χ3v) is 9.20. The zero-order valence-electron chi connectivity index (χ0n) is 26.8. The van der Waals surface area contributed by atoms with Crippen molar-refractivity contribution in [1.82, 2.24) is 0 Å². The fraction of sp³-hybridized carbons (Fsp3) is 0.656. The van der Waals surface area contributed by atoms with Crippen molar-refractivity contribution >= 4 is 29.8 Å². The van der Waals surface area contributed by atoms with Crippen LogP contribution in [0, 0.1) is 11.3 Å². The highest BCUT2D eigenvalue weighted by Crippen LogP contribution is 2.69. The van der Waals surface area contributed by atoms with Gasteiger partial charge in [0.2, 0.25) is 0 Å². The number of esters is 5. The van der Waals surface area contributed by atoms with Crippen LogP contribution in [0.5, 0.6) is 0 Å². The van der Waals surface area contributed by atoms with Crippen molar-refractivity contribution in [2.45, 2.75) is 115 Å². The van der Waals surface area contributed by atoms with E-state index in [2.05, 4.69) is 0 Å². The van der Waals surface area contributed by atoms with Crippen LogP contribution in [-0.2, 0) is 47.6 Å². The standard InChI is InChI=1S/C32H42O13/c1-17(33)41-22-15-30(8,39)32-14-21(29(6,7)45-32)23(44-27(37)28(4,5)38)25(43-19(3)35)31(32,24(22)42-18(2)34)16-40-26(36)20-12-10-9-11-13-20/h9-13,21-25,38-39H,14-16H2,1-8H3/t21-,22+,23-,24+,25+,30+,31+,32+/m1/s1. The first-order valence-corrected chi connectivity index (χ1v) is 14.8. The third-order valence-electron chi connectivity index (χ3n) is 9.20. The molecule has 1 heterocycles. The fourth-order valence-corrected chi connectivity index (χ4v) is 7.43. The lowest BCUT2D eigenvalue weighted by Crippen LogP contribution is -2.81. The summed E-state index contributed by atoms with van der Waals surface area (Å²) in [4.78, 5) is 64.6. The van der Waals surface area contributed by atoms with Crippen molar-refractivity contribution in [2.75, 3.05) is 6.61 Å².